The van der Waals surface area contributed by atoms with Crippen LogP contribution < -0.4 is 20.7 Å². The average molecular weight is 577 g/mol. The van der Waals surface area contributed by atoms with Crippen LogP contribution in [0.15, 0.2) is 109 Å². The van der Waals surface area contributed by atoms with Crippen molar-refractivity contribution in [2.24, 2.45) is 0 Å². The highest BCUT2D eigenvalue weighted by Gasteiger charge is 2.22. The highest BCUT2D eigenvalue weighted by atomic mass is 16.5. The van der Waals surface area contributed by atoms with E-state index in [1.165, 1.54) is 19.3 Å². The van der Waals surface area contributed by atoms with Gasteiger partial charge in [-0.25, -0.2) is 4.79 Å². The molecule has 0 bridgehead atoms. The molecule has 3 amide bonds. The minimum atomic E-state index is -0.422. The molecule has 4 aromatic carbocycles. The number of piperidine rings is 1. The summed E-state index contributed by atoms with van der Waals surface area (Å²) in [4.78, 5) is 28.9. The van der Waals surface area contributed by atoms with Crippen molar-refractivity contribution in [3.05, 3.63) is 126 Å². The van der Waals surface area contributed by atoms with Crippen LogP contribution in [0.4, 0.5) is 16.2 Å². The molecule has 0 spiro atoms. The average Bonchev–Trinajstić information content (AvgIpc) is 3.04. The summed E-state index contributed by atoms with van der Waals surface area (Å²) < 4.78 is 6.61. The van der Waals surface area contributed by atoms with E-state index in [4.69, 9.17) is 4.74 Å². The van der Waals surface area contributed by atoms with Crippen LogP contribution in [0.3, 0.4) is 0 Å². The lowest BCUT2D eigenvalue weighted by atomic mass is 10.0. The molecule has 1 aliphatic heterocycles. The minimum absolute atomic E-state index is 0.242. The van der Waals surface area contributed by atoms with Gasteiger partial charge in [0.2, 0.25) is 0 Å². The van der Waals surface area contributed by atoms with E-state index in [2.05, 4.69) is 27.8 Å². The fraction of sp³-hybridized carbons (Fsp3) is 0.278. The zero-order chi connectivity index (χ0) is 29.9. The van der Waals surface area contributed by atoms with Gasteiger partial charge in [0.15, 0.2) is 0 Å². The molecular formula is C36H40N4O3. The van der Waals surface area contributed by atoms with Crippen LogP contribution in [-0.2, 0) is 0 Å². The van der Waals surface area contributed by atoms with Gasteiger partial charge in [-0.1, -0.05) is 85.3 Å². The third-order valence-corrected chi connectivity index (χ3v) is 7.81. The molecule has 222 valence electrons. The summed E-state index contributed by atoms with van der Waals surface area (Å²) in [5, 5.41) is 8.76. The van der Waals surface area contributed by atoms with Crippen molar-refractivity contribution in [3.63, 3.8) is 0 Å². The van der Waals surface area contributed by atoms with Gasteiger partial charge in [0.1, 0.15) is 11.9 Å². The first-order valence-corrected chi connectivity index (χ1v) is 15.1. The standard InChI is InChI=1S/C36H40N4O3/c1-27-14-11-12-24-40(27)25-13-23-37-35(41)32-26-31(39-36(42)38-30-19-9-4-10-20-30)21-22-33(32)43-34(28-15-5-2-6-16-28)29-17-7-3-8-18-29/h2-10,15-22,26-27,34H,11-14,23-25H2,1H3,(H,37,41)(H2,38,39,42). The first-order valence-electron chi connectivity index (χ1n) is 15.1. The number of carbonyl (C=O) groups excluding carboxylic acids is 2. The number of hydrogen-bond donors (Lipinski definition) is 3. The van der Waals surface area contributed by atoms with E-state index in [1.807, 2.05) is 91.0 Å². The summed E-state index contributed by atoms with van der Waals surface area (Å²) >= 11 is 0. The molecular weight excluding hydrogens is 536 g/mol. The molecule has 1 unspecified atom stereocenters. The largest absolute Gasteiger partial charge is 0.480 e. The topological polar surface area (TPSA) is 82.7 Å². The Labute approximate surface area is 254 Å². The van der Waals surface area contributed by atoms with Crippen molar-refractivity contribution < 1.29 is 14.3 Å². The fourth-order valence-corrected chi connectivity index (χ4v) is 5.48. The maximum Gasteiger partial charge on any atom is 0.323 e. The number of urea groups is 1. The highest BCUT2D eigenvalue weighted by molar-refractivity contribution is 6.02. The van der Waals surface area contributed by atoms with Crippen LogP contribution in [0, 0.1) is 0 Å². The number of hydrogen-bond acceptors (Lipinski definition) is 4. The van der Waals surface area contributed by atoms with Gasteiger partial charge in [0, 0.05) is 30.5 Å². The predicted octanol–water partition coefficient (Wildman–Crippen LogP) is 7.49. The Morgan fingerprint density at radius 2 is 1.44 bits per heavy atom. The van der Waals surface area contributed by atoms with Gasteiger partial charge in [0.25, 0.3) is 5.91 Å². The molecule has 1 aliphatic rings. The maximum absolute atomic E-state index is 13.6. The van der Waals surface area contributed by atoms with Crippen LogP contribution in [0.2, 0.25) is 0 Å². The Hall–Kier alpha value is -4.62. The number of likely N-dealkylation sites (tertiary alicyclic amines) is 1. The SMILES string of the molecule is CC1CCCCN1CCCNC(=O)c1cc(NC(=O)Nc2ccccc2)ccc1OC(c1ccccc1)c1ccccc1. The van der Waals surface area contributed by atoms with Crippen molar-refractivity contribution in [1.29, 1.82) is 0 Å². The van der Waals surface area contributed by atoms with E-state index in [9.17, 15) is 9.59 Å². The monoisotopic (exact) mass is 576 g/mol. The smallest absolute Gasteiger partial charge is 0.323 e. The second-order valence-electron chi connectivity index (χ2n) is 11.0. The molecule has 3 N–H and O–H groups in total. The number of nitrogens with one attached hydrogen (secondary N) is 3. The van der Waals surface area contributed by atoms with Gasteiger partial charge in [-0.15, -0.1) is 0 Å². The molecule has 1 atom stereocenters. The molecule has 0 radical (unpaired) electrons. The van der Waals surface area contributed by atoms with Crippen molar-refractivity contribution in [1.82, 2.24) is 10.2 Å². The van der Waals surface area contributed by atoms with Crippen LogP contribution in [0.5, 0.6) is 5.75 Å². The van der Waals surface area contributed by atoms with Gasteiger partial charge in [0.05, 0.1) is 5.56 Å². The molecule has 7 nitrogen and oxygen atoms in total. The highest BCUT2D eigenvalue weighted by Crippen LogP contribution is 2.32. The summed E-state index contributed by atoms with van der Waals surface area (Å²) in [6, 6.07) is 34.5. The number of ether oxygens (including phenoxy) is 1. The van der Waals surface area contributed by atoms with Crippen LogP contribution in [-0.4, -0.2) is 42.5 Å². The molecule has 7 heteroatoms. The first kappa shape index (κ1) is 29.9. The molecule has 43 heavy (non-hydrogen) atoms. The van der Waals surface area contributed by atoms with Gasteiger partial charge in [-0.05, 0) is 74.2 Å². The van der Waals surface area contributed by atoms with E-state index in [0.29, 0.717) is 35.3 Å². The van der Waals surface area contributed by atoms with Crippen LogP contribution in [0.25, 0.3) is 0 Å². The Morgan fingerprint density at radius 1 is 0.814 bits per heavy atom. The summed E-state index contributed by atoms with van der Waals surface area (Å²) in [5.74, 6) is 0.197. The van der Waals surface area contributed by atoms with Gasteiger partial charge >= 0.3 is 6.03 Å². The van der Waals surface area contributed by atoms with E-state index < -0.39 is 12.1 Å². The predicted molar refractivity (Wildman–Crippen MR) is 173 cm³/mol. The third kappa shape index (κ3) is 8.46. The number of benzene rings is 4. The normalized spacial score (nSPS) is 15.1. The molecule has 0 aromatic heterocycles. The Morgan fingerprint density at radius 3 is 2.09 bits per heavy atom. The van der Waals surface area contributed by atoms with E-state index in [-0.39, 0.29) is 5.91 Å². The fourth-order valence-electron chi connectivity index (χ4n) is 5.48. The number of para-hydroxylation sites is 1. The summed E-state index contributed by atoms with van der Waals surface area (Å²) in [7, 11) is 0. The summed E-state index contributed by atoms with van der Waals surface area (Å²) in [6.07, 6.45) is 4.20. The molecule has 0 saturated carbocycles. The number of anilines is 2. The minimum Gasteiger partial charge on any atom is -0.480 e. The van der Waals surface area contributed by atoms with E-state index in [0.717, 1.165) is 30.6 Å². The molecule has 5 rings (SSSR count). The quantitative estimate of drug-likeness (QED) is 0.162. The molecule has 1 heterocycles. The van der Waals surface area contributed by atoms with E-state index in [1.54, 1.807) is 18.2 Å². The molecule has 1 fully saturated rings. The van der Waals surface area contributed by atoms with Gasteiger partial charge in [-0.3, -0.25) is 4.79 Å². The Balaban J connectivity index is 1.35. The zero-order valence-corrected chi connectivity index (χ0v) is 24.7. The Bertz CT molecular complexity index is 1420. The second-order valence-corrected chi connectivity index (χ2v) is 11.0. The third-order valence-electron chi connectivity index (χ3n) is 7.81. The molecule has 0 aliphatic carbocycles. The lowest BCUT2D eigenvalue weighted by Gasteiger charge is -2.33. The zero-order valence-electron chi connectivity index (χ0n) is 24.7. The number of rotatable bonds is 11. The maximum atomic E-state index is 13.6. The van der Waals surface area contributed by atoms with Gasteiger partial charge in [-0.2, -0.15) is 0 Å². The number of carbonyl (C=O) groups is 2. The summed E-state index contributed by atoms with van der Waals surface area (Å²) in [6.45, 7) is 4.90. The van der Waals surface area contributed by atoms with Gasteiger partial charge < -0.3 is 25.6 Å². The summed E-state index contributed by atoms with van der Waals surface area (Å²) in [5.41, 5.74) is 3.47. The molecule has 4 aromatic rings. The van der Waals surface area contributed by atoms with Crippen molar-refractivity contribution in [3.8, 4) is 5.75 Å². The number of nitrogens with zero attached hydrogens (tertiary/aromatic N) is 1. The number of amides is 3. The van der Waals surface area contributed by atoms with Crippen molar-refractivity contribution in [2.45, 2.75) is 44.8 Å². The second kappa shape index (κ2) is 15.0. The lowest BCUT2D eigenvalue weighted by molar-refractivity contribution is 0.0943. The van der Waals surface area contributed by atoms with E-state index >= 15 is 0 Å². The molecule has 1 saturated heterocycles. The van der Waals surface area contributed by atoms with Crippen molar-refractivity contribution >= 4 is 23.3 Å². The Kier molecular flexibility index (Phi) is 10.4. The van der Waals surface area contributed by atoms with Crippen molar-refractivity contribution in [2.75, 3.05) is 30.3 Å². The first-order chi connectivity index (χ1) is 21.1. The van der Waals surface area contributed by atoms with Crippen LogP contribution >= 0.6 is 0 Å². The lowest BCUT2D eigenvalue weighted by Crippen LogP contribution is -2.39. The van der Waals surface area contributed by atoms with Crippen LogP contribution in [0.1, 0.15) is 60.2 Å².